The fraction of sp³-hybridized carbons (Fsp3) is 0.435. The van der Waals surface area contributed by atoms with Crippen LogP contribution in [0.5, 0.6) is 0 Å². The predicted molar refractivity (Wildman–Crippen MR) is 144 cm³/mol. The van der Waals surface area contributed by atoms with E-state index in [1.54, 1.807) is 6.20 Å². The van der Waals surface area contributed by atoms with E-state index in [-0.39, 0.29) is 37.5 Å². The molecule has 2 aromatic rings. The number of carboxylic acids is 1. The number of fused-ring (bicyclic) bond motifs is 1. The number of hydrogen-bond donors (Lipinski definition) is 10. The molecule has 0 saturated carbocycles. The number of rotatable bonds is 15. The fourth-order valence-electron chi connectivity index (χ4n) is 3.59. The monoisotopic (exact) mass is 550 g/mol. The molecule has 0 aliphatic heterocycles. The van der Waals surface area contributed by atoms with Crippen LogP contribution < -0.4 is 33.2 Å². The highest BCUT2D eigenvalue weighted by atomic mass is 32.1. The molecule has 2 rings (SSSR count). The number of nitrogens with two attached hydrogens (primary N) is 3. The van der Waals surface area contributed by atoms with Crippen LogP contribution in [-0.4, -0.2) is 87.9 Å². The molecule has 4 unspecified atom stereocenters. The third kappa shape index (κ3) is 8.93. The molecule has 1 aromatic heterocycles. The fourth-order valence-corrected chi connectivity index (χ4v) is 3.85. The number of nitrogens with zero attached hydrogens (tertiary/aromatic N) is 1. The van der Waals surface area contributed by atoms with Crippen molar-refractivity contribution >= 4 is 53.2 Å². The molecule has 3 amide bonds. The van der Waals surface area contributed by atoms with Crippen molar-refractivity contribution in [3.05, 3.63) is 36.0 Å². The minimum atomic E-state index is -1.27. The number of amides is 3. The van der Waals surface area contributed by atoms with Crippen molar-refractivity contribution in [2.24, 2.45) is 22.2 Å². The molecule has 4 atom stereocenters. The Hall–Kier alpha value is -3.82. The van der Waals surface area contributed by atoms with Crippen LogP contribution in [-0.2, 0) is 25.6 Å². The average Bonchev–Trinajstić information content (AvgIpc) is 3.30. The predicted octanol–water partition coefficient (Wildman–Crippen LogP) is -2.45. The molecule has 12 N–H and O–H groups in total. The first-order valence-corrected chi connectivity index (χ1v) is 12.4. The summed E-state index contributed by atoms with van der Waals surface area (Å²) in [6, 6.07) is 2.49. The maximum absolute atomic E-state index is 13.2. The van der Waals surface area contributed by atoms with Crippen molar-refractivity contribution in [1.29, 1.82) is 0 Å². The van der Waals surface area contributed by atoms with Gasteiger partial charge in [-0.3, -0.25) is 19.4 Å². The number of thiol groups is 1. The standard InChI is InChI=1S/C23H34N8O6S/c24-14(10-32)19(33)30-17(8-12-9-28-15-5-2-1-4-13(12)15)20(34)31-18(11-38)21(35)29-16(22(36)37)6-3-7-27-23(25)26/h1-2,4-5,9,14,16-18,28,32,38H,3,6-8,10-11,24H2,(H,29,35)(H,30,33)(H,31,34)(H,36,37)(H4,25,26,27). The summed E-state index contributed by atoms with van der Waals surface area (Å²) in [6.45, 7) is -0.450. The molecule has 15 heteroatoms. The van der Waals surface area contributed by atoms with Crippen LogP contribution in [0.3, 0.4) is 0 Å². The Balaban J connectivity index is 2.15. The first kappa shape index (κ1) is 30.4. The summed E-state index contributed by atoms with van der Waals surface area (Å²) in [7, 11) is 0. The van der Waals surface area contributed by atoms with E-state index < -0.39 is 54.5 Å². The van der Waals surface area contributed by atoms with Crippen molar-refractivity contribution < 1.29 is 29.4 Å². The van der Waals surface area contributed by atoms with Crippen molar-refractivity contribution in [2.75, 3.05) is 18.9 Å². The number of carboxylic acid groups (broad SMARTS) is 1. The normalized spacial score (nSPS) is 14.1. The third-order valence-electron chi connectivity index (χ3n) is 5.64. The summed E-state index contributed by atoms with van der Waals surface area (Å²) < 4.78 is 0. The Bertz CT molecular complexity index is 1150. The molecule has 0 fully saturated rings. The van der Waals surface area contributed by atoms with Gasteiger partial charge in [-0.25, -0.2) is 4.79 Å². The summed E-state index contributed by atoms with van der Waals surface area (Å²) in [6.07, 6.45) is 2.08. The number of aliphatic hydroxyl groups excluding tert-OH is 1. The number of aliphatic imine (C=N–C) groups is 1. The lowest BCUT2D eigenvalue weighted by atomic mass is 10.0. The van der Waals surface area contributed by atoms with Crippen LogP contribution in [0.15, 0.2) is 35.5 Å². The van der Waals surface area contributed by atoms with Gasteiger partial charge in [0.1, 0.15) is 24.2 Å². The largest absolute Gasteiger partial charge is 0.480 e. The zero-order valence-corrected chi connectivity index (χ0v) is 21.5. The van der Waals surface area contributed by atoms with Gasteiger partial charge in [-0.2, -0.15) is 12.6 Å². The zero-order chi connectivity index (χ0) is 28.2. The Morgan fingerprint density at radius 3 is 2.26 bits per heavy atom. The van der Waals surface area contributed by atoms with Crippen LogP contribution >= 0.6 is 12.6 Å². The quantitative estimate of drug-likeness (QED) is 0.0488. The van der Waals surface area contributed by atoms with Crippen LogP contribution in [0.2, 0.25) is 0 Å². The molecule has 1 aromatic carbocycles. The maximum atomic E-state index is 13.2. The molecule has 0 spiro atoms. The maximum Gasteiger partial charge on any atom is 0.326 e. The van der Waals surface area contributed by atoms with Crippen molar-refractivity contribution in [3.8, 4) is 0 Å². The molecule has 0 aliphatic rings. The van der Waals surface area contributed by atoms with Gasteiger partial charge in [0, 0.05) is 35.8 Å². The summed E-state index contributed by atoms with van der Waals surface area (Å²) in [5, 5.41) is 26.9. The van der Waals surface area contributed by atoms with Gasteiger partial charge in [0.25, 0.3) is 0 Å². The average molecular weight is 551 g/mol. The van der Waals surface area contributed by atoms with Gasteiger partial charge in [0.2, 0.25) is 17.7 Å². The lowest BCUT2D eigenvalue weighted by molar-refractivity contribution is -0.142. The van der Waals surface area contributed by atoms with Gasteiger partial charge >= 0.3 is 5.97 Å². The van der Waals surface area contributed by atoms with Crippen molar-refractivity contribution in [3.63, 3.8) is 0 Å². The van der Waals surface area contributed by atoms with Gasteiger partial charge in [0.05, 0.1) is 6.61 Å². The highest BCUT2D eigenvalue weighted by Gasteiger charge is 2.30. The van der Waals surface area contributed by atoms with E-state index in [4.69, 9.17) is 17.2 Å². The first-order chi connectivity index (χ1) is 18.1. The second-order valence-electron chi connectivity index (χ2n) is 8.51. The molecule has 0 bridgehead atoms. The molecular formula is C23H34N8O6S. The van der Waals surface area contributed by atoms with E-state index >= 15 is 0 Å². The van der Waals surface area contributed by atoms with Crippen molar-refractivity contribution in [1.82, 2.24) is 20.9 Å². The lowest BCUT2D eigenvalue weighted by Gasteiger charge is -2.24. The Labute approximate surface area is 224 Å². The van der Waals surface area contributed by atoms with E-state index in [1.165, 1.54) is 0 Å². The number of benzene rings is 1. The third-order valence-corrected chi connectivity index (χ3v) is 6.01. The molecule has 0 saturated heterocycles. The number of para-hydroxylation sites is 1. The van der Waals surface area contributed by atoms with Crippen LogP contribution in [0.25, 0.3) is 10.9 Å². The number of aliphatic hydroxyl groups is 1. The Kier molecular flexibility index (Phi) is 11.8. The second kappa shape index (κ2) is 14.8. The van der Waals surface area contributed by atoms with E-state index in [1.807, 2.05) is 24.3 Å². The number of carbonyl (C=O) groups is 4. The molecule has 0 radical (unpaired) electrons. The van der Waals surface area contributed by atoms with Gasteiger partial charge < -0.3 is 48.3 Å². The number of aromatic amines is 1. The van der Waals surface area contributed by atoms with E-state index in [2.05, 4.69) is 38.6 Å². The number of aromatic nitrogens is 1. The van der Waals surface area contributed by atoms with Gasteiger partial charge in [-0.1, -0.05) is 18.2 Å². The second-order valence-corrected chi connectivity index (χ2v) is 8.87. The molecule has 14 nitrogen and oxygen atoms in total. The van der Waals surface area contributed by atoms with Crippen LogP contribution in [0.4, 0.5) is 0 Å². The molecular weight excluding hydrogens is 516 g/mol. The zero-order valence-electron chi connectivity index (χ0n) is 20.6. The first-order valence-electron chi connectivity index (χ1n) is 11.8. The summed E-state index contributed by atoms with van der Waals surface area (Å²) in [5.41, 5.74) is 17.6. The summed E-state index contributed by atoms with van der Waals surface area (Å²) in [5.74, 6) is -3.80. The molecule has 38 heavy (non-hydrogen) atoms. The van der Waals surface area contributed by atoms with E-state index in [0.29, 0.717) is 0 Å². The highest BCUT2D eigenvalue weighted by molar-refractivity contribution is 7.80. The van der Waals surface area contributed by atoms with E-state index in [9.17, 15) is 29.4 Å². The number of H-pyrrole nitrogens is 1. The SMILES string of the molecule is NC(N)=NCCCC(NC(=O)C(CS)NC(=O)C(Cc1c[nH]c2ccccc12)NC(=O)C(N)CO)C(=O)O. The topological polar surface area (TPSA) is 251 Å². The minimum Gasteiger partial charge on any atom is -0.480 e. The van der Waals surface area contributed by atoms with E-state index in [0.717, 1.165) is 16.5 Å². The number of carbonyl (C=O) groups excluding carboxylic acids is 3. The van der Waals surface area contributed by atoms with Crippen molar-refractivity contribution in [2.45, 2.75) is 43.4 Å². The number of aliphatic carboxylic acids is 1. The lowest BCUT2D eigenvalue weighted by Crippen LogP contribution is -2.58. The van der Waals surface area contributed by atoms with Crippen LogP contribution in [0.1, 0.15) is 18.4 Å². The Morgan fingerprint density at radius 1 is 1.00 bits per heavy atom. The number of guanidine groups is 1. The number of hydrogen-bond acceptors (Lipinski definition) is 8. The summed E-state index contributed by atoms with van der Waals surface area (Å²) >= 11 is 4.12. The minimum absolute atomic E-state index is 0.0448. The molecule has 208 valence electrons. The highest BCUT2D eigenvalue weighted by Crippen LogP contribution is 2.19. The molecule has 0 aliphatic carbocycles. The summed E-state index contributed by atoms with van der Waals surface area (Å²) in [4.78, 5) is 56.9. The van der Waals surface area contributed by atoms with Gasteiger partial charge in [-0.15, -0.1) is 0 Å². The van der Waals surface area contributed by atoms with Gasteiger partial charge in [-0.05, 0) is 24.5 Å². The molecule has 1 heterocycles. The number of nitrogens with one attached hydrogen (secondary N) is 4. The van der Waals surface area contributed by atoms with Crippen LogP contribution in [0, 0.1) is 0 Å². The smallest absolute Gasteiger partial charge is 0.326 e. The van der Waals surface area contributed by atoms with Gasteiger partial charge in [0.15, 0.2) is 5.96 Å². The Morgan fingerprint density at radius 2 is 1.63 bits per heavy atom.